The van der Waals surface area contributed by atoms with Crippen molar-refractivity contribution in [1.82, 2.24) is 9.62 Å². The van der Waals surface area contributed by atoms with Crippen LogP contribution in [0.1, 0.15) is 18.1 Å². The van der Waals surface area contributed by atoms with Crippen molar-refractivity contribution in [1.29, 1.82) is 0 Å². The van der Waals surface area contributed by atoms with E-state index in [1.54, 1.807) is 36.0 Å². The SMILES string of the molecule is COc1ccc(C2=C(C)C(=O)N(CC(=O)NCc3ccc(SC)cc3)S2(=O)=O)cc1. The molecule has 0 fully saturated rings. The first kappa shape index (κ1) is 21.9. The van der Waals surface area contributed by atoms with Crippen LogP contribution in [0.15, 0.2) is 59.0 Å². The van der Waals surface area contributed by atoms with Gasteiger partial charge < -0.3 is 10.1 Å². The number of thioether (sulfide) groups is 1. The first-order valence-corrected chi connectivity index (χ1v) is 11.8. The summed E-state index contributed by atoms with van der Waals surface area (Å²) in [5.74, 6) is -0.675. The van der Waals surface area contributed by atoms with Crippen molar-refractivity contribution in [2.75, 3.05) is 19.9 Å². The van der Waals surface area contributed by atoms with Gasteiger partial charge in [0, 0.05) is 17.0 Å². The number of methoxy groups -OCH3 is 1. The monoisotopic (exact) mass is 446 g/mol. The second-order valence-electron chi connectivity index (χ2n) is 6.62. The molecule has 3 rings (SSSR count). The molecule has 1 aliphatic rings. The smallest absolute Gasteiger partial charge is 0.268 e. The third-order valence-corrected chi connectivity index (χ3v) is 7.40. The standard InChI is InChI=1S/C21H22N2O5S2/c1-14-20(16-6-8-17(28-2)9-7-16)30(26,27)23(21(14)25)13-19(24)22-12-15-4-10-18(29-3)11-5-15/h4-11H,12-13H2,1-3H3,(H,22,24). The van der Waals surface area contributed by atoms with E-state index in [1.165, 1.54) is 14.0 Å². The number of hydrogen-bond donors (Lipinski definition) is 1. The van der Waals surface area contributed by atoms with Gasteiger partial charge in [0.05, 0.1) is 7.11 Å². The van der Waals surface area contributed by atoms with Gasteiger partial charge in [0.15, 0.2) is 0 Å². The van der Waals surface area contributed by atoms with Gasteiger partial charge in [-0.1, -0.05) is 12.1 Å². The number of amides is 2. The van der Waals surface area contributed by atoms with E-state index in [9.17, 15) is 18.0 Å². The van der Waals surface area contributed by atoms with Crippen LogP contribution in [0.4, 0.5) is 0 Å². The van der Waals surface area contributed by atoms with Crippen LogP contribution in [0.2, 0.25) is 0 Å². The normalized spacial score (nSPS) is 15.4. The lowest BCUT2D eigenvalue weighted by Gasteiger charge is -2.16. The average Bonchev–Trinajstić information content (AvgIpc) is 2.92. The molecular formula is C21H22N2O5S2. The highest BCUT2D eigenvalue weighted by Crippen LogP contribution is 2.35. The molecule has 2 amide bonds. The number of benzene rings is 2. The van der Waals surface area contributed by atoms with Crippen LogP contribution in [-0.4, -0.2) is 44.4 Å². The van der Waals surface area contributed by atoms with Crippen LogP contribution in [0, 0.1) is 0 Å². The van der Waals surface area contributed by atoms with E-state index in [4.69, 9.17) is 4.74 Å². The molecule has 0 saturated heterocycles. The molecule has 1 aliphatic heterocycles. The summed E-state index contributed by atoms with van der Waals surface area (Å²) in [7, 11) is -2.62. The van der Waals surface area contributed by atoms with Gasteiger partial charge in [0.25, 0.3) is 15.9 Å². The van der Waals surface area contributed by atoms with E-state index >= 15 is 0 Å². The Morgan fingerprint density at radius 2 is 1.73 bits per heavy atom. The molecule has 2 aromatic rings. The van der Waals surface area contributed by atoms with Crippen molar-refractivity contribution in [2.24, 2.45) is 0 Å². The minimum absolute atomic E-state index is 0.0839. The maximum atomic E-state index is 13.0. The highest BCUT2D eigenvalue weighted by atomic mass is 32.2. The van der Waals surface area contributed by atoms with Crippen molar-refractivity contribution < 1.29 is 22.7 Å². The van der Waals surface area contributed by atoms with E-state index in [-0.39, 0.29) is 17.0 Å². The topological polar surface area (TPSA) is 92.8 Å². The molecule has 0 atom stereocenters. The quantitative estimate of drug-likeness (QED) is 0.658. The molecule has 0 saturated carbocycles. The highest BCUT2D eigenvalue weighted by molar-refractivity contribution is 7.99. The second kappa shape index (κ2) is 8.93. The number of rotatable bonds is 7. The Kier molecular flexibility index (Phi) is 6.52. The summed E-state index contributed by atoms with van der Waals surface area (Å²) in [6.07, 6.45) is 1.97. The molecule has 1 N–H and O–H groups in total. The lowest BCUT2D eigenvalue weighted by Crippen LogP contribution is -2.40. The average molecular weight is 447 g/mol. The third-order valence-electron chi connectivity index (χ3n) is 4.72. The molecule has 158 valence electrons. The van der Waals surface area contributed by atoms with Gasteiger partial charge in [0.1, 0.15) is 17.2 Å². The molecule has 2 aromatic carbocycles. The number of ether oxygens (including phenoxy) is 1. The molecule has 0 radical (unpaired) electrons. The van der Waals surface area contributed by atoms with Crippen LogP contribution in [0.5, 0.6) is 5.75 Å². The van der Waals surface area contributed by atoms with E-state index in [1.807, 2.05) is 30.5 Å². The van der Waals surface area contributed by atoms with E-state index in [2.05, 4.69) is 5.32 Å². The number of sulfonamides is 1. The number of carbonyl (C=O) groups is 2. The molecule has 7 nitrogen and oxygen atoms in total. The molecule has 30 heavy (non-hydrogen) atoms. The Bertz CT molecular complexity index is 1090. The lowest BCUT2D eigenvalue weighted by atomic mass is 10.1. The van der Waals surface area contributed by atoms with Gasteiger partial charge in [-0.05, 0) is 60.7 Å². The molecule has 0 bridgehead atoms. The van der Waals surface area contributed by atoms with E-state index < -0.39 is 28.4 Å². The van der Waals surface area contributed by atoms with Crippen molar-refractivity contribution in [3.05, 3.63) is 65.2 Å². The maximum absolute atomic E-state index is 13.0. The summed E-state index contributed by atoms with van der Waals surface area (Å²) in [5, 5.41) is 2.67. The first-order valence-electron chi connectivity index (χ1n) is 9.10. The van der Waals surface area contributed by atoms with Crippen LogP contribution in [0.25, 0.3) is 4.91 Å². The molecule has 0 spiro atoms. The van der Waals surface area contributed by atoms with Crippen LogP contribution >= 0.6 is 11.8 Å². The summed E-state index contributed by atoms with van der Waals surface area (Å²) < 4.78 is 31.7. The summed E-state index contributed by atoms with van der Waals surface area (Å²) in [6, 6.07) is 14.0. The second-order valence-corrected chi connectivity index (χ2v) is 9.30. The van der Waals surface area contributed by atoms with Crippen LogP contribution in [-0.2, 0) is 26.2 Å². The minimum Gasteiger partial charge on any atom is -0.497 e. The summed E-state index contributed by atoms with van der Waals surface area (Å²) >= 11 is 1.61. The fourth-order valence-corrected chi connectivity index (χ4v) is 5.27. The number of hydrogen-bond acceptors (Lipinski definition) is 6. The zero-order valence-electron chi connectivity index (χ0n) is 16.8. The largest absolute Gasteiger partial charge is 0.497 e. The van der Waals surface area contributed by atoms with Gasteiger partial charge in [-0.15, -0.1) is 11.8 Å². The predicted molar refractivity (Wildman–Crippen MR) is 116 cm³/mol. The zero-order valence-corrected chi connectivity index (χ0v) is 18.5. The van der Waals surface area contributed by atoms with Crippen molar-refractivity contribution in [3.8, 4) is 5.75 Å². The fraction of sp³-hybridized carbons (Fsp3) is 0.238. The van der Waals surface area contributed by atoms with Gasteiger partial charge in [-0.3, -0.25) is 9.59 Å². The van der Waals surface area contributed by atoms with Gasteiger partial charge in [-0.25, -0.2) is 12.7 Å². The molecule has 9 heteroatoms. The molecular weight excluding hydrogens is 424 g/mol. The van der Waals surface area contributed by atoms with Crippen molar-refractivity contribution >= 4 is 38.5 Å². The van der Waals surface area contributed by atoms with Gasteiger partial charge >= 0.3 is 0 Å². The Balaban J connectivity index is 1.72. The highest BCUT2D eigenvalue weighted by Gasteiger charge is 2.43. The molecule has 0 unspecified atom stereocenters. The van der Waals surface area contributed by atoms with Crippen LogP contribution < -0.4 is 10.1 Å². The number of carbonyl (C=O) groups excluding carboxylic acids is 2. The number of nitrogens with zero attached hydrogens (tertiary/aromatic N) is 1. The lowest BCUT2D eigenvalue weighted by molar-refractivity contribution is -0.128. The molecule has 0 aliphatic carbocycles. The summed E-state index contributed by atoms with van der Waals surface area (Å²) in [6.45, 7) is 1.12. The molecule has 1 heterocycles. The van der Waals surface area contributed by atoms with Crippen molar-refractivity contribution in [2.45, 2.75) is 18.4 Å². The summed E-state index contributed by atoms with van der Waals surface area (Å²) in [5.41, 5.74) is 1.34. The van der Waals surface area contributed by atoms with Gasteiger partial charge in [0.2, 0.25) is 5.91 Å². The third kappa shape index (κ3) is 4.36. The van der Waals surface area contributed by atoms with Crippen LogP contribution in [0.3, 0.4) is 0 Å². The number of nitrogens with one attached hydrogen (secondary N) is 1. The maximum Gasteiger partial charge on any atom is 0.268 e. The molecule has 0 aromatic heterocycles. The predicted octanol–water partition coefficient (Wildman–Crippen LogP) is 2.64. The Hall–Kier alpha value is -2.78. The first-order chi connectivity index (χ1) is 14.3. The minimum atomic E-state index is -4.13. The van der Waals surface area contributed by atoms with Crippen molar-refractivity contribution in [3.63, 3.8) is 0 Å². The van der Waals surface area contributed by atoms with Gasteiger partial charge in [-0.2, -0.15) is 0 Å². The Morgan fingerprint density at radius 3 is 2.30 bits per heavy atom. The Labute approximate surface area is 180 Å². The zero-order chi connectivity index (χ0) is 21.9. The van der Waals surface area contributed by atoms with E-state index in [0.29, 0.717) is 15.6 Å². The Morgan fingerprint density at radius 1 is 1.10 bits per heavy atom. The van der Waals surface area contributed by atoms with E-state index in [0.717, 1.165) is 10.5 Å². The summed E-state index contributed by atoms with van der Waals surface area (Å²) in [4.78, 5) is 26.0. The fourth-order valence-electron chi connectivity index (χ4n) is 3.09.